The first-order valence-corrected chi connectivity index (χ1v) is 9.72. The molecule has 3 unspecified atom stereocenters. The minimum atomic E-state index is -0.402. The molecule has 0 spiro atoms. The second-order valence-corrected chi connectivity index (χ2v) is 9.14. The molecule has 0 aromatic rings. The number of aliphatic hydroxyl groups is 2. The van der Waals surface area contributed by atoms with Crippen molar-refractivity contribution in [1.29, 1.82) is 0 Å². The second kappa shape index (κ2) is 5.68. The van der Waals surface area contributed by atoms with Gasteiger partial charge in [-0.15, -0.1) is 0 Å². The van der Waals surface area contributed by atoms with Crippen LogP contribution in [0.5, 0.6) is 0 Å². The molecular formula is C21H30O4. The van der Waals surface area contributed by atoms with E-state index < -0.39 is 6.10 Å². The zero-order chi connectivity index (χ0) is 18.0. The van der Waals surface area contributed by atoms with Crippen molar-refractivity contribution in [1.82, 2.24) is 0 Å². The average Bonchev–Trinajstić information content (AvgIpc) is 2.84. The number of rotatable bonds is 1. The molecule has 138 valence electrons. The Morgan fingerprint density at radius 1 is 1.20 bits per heavy atom. The van der Waals surface area contributed by atoms with Crippen LogP contribution in [-0.4, -0.2) is 28.4 Å². The van der Waals surface area contributed by atoms with Crippen molar-refractivity contribution in [2.24, 2.45) is 28.6 Å². The van der Waals surface area contributed by atoms with Crippen LogP contribution in [0.3, 0.4) is 0 Å². The van der Waals surface area contributed by atoms with Gasteiger partial charge in [-0.05, 0) is 60.8 Å². The van der Waals surface area contributed by atoms with E-state index in [4.69, 9.17) is 4.74 Å². The maximum atomic E-state index is 11.8. The Morgan fingerprint density at radius 3 is 2.68 bits per heavy atom. The Balaban J connectivity index is 1.82. The van der Waals surface area contributed by atoms with Crippen molar-refractivity contribution in [3.05, 3.63) is 23.5 Å². The summed E-state index contributed by atoms with van der Waals surface area (Å²) in [5.41, 5.74) is 1.20. The van der Waals surface area contributed by atoms with E-state index in [1.807, 2.05) is 6.08 Å². The molecule has 2 fully saturated rings. The Hall–Kier alpha value is -1.13. The highest BCUT2D eigenvalue weighted by molar-refractivity contribution is 5.67. The monoisotopic (exact) mass is 346 g/mol. The summed E-state index contributed by atoms with van der Waals surface area (Å²) < 4.78 is 5.73. The highest BCUT2D eigenvalue weighted by Gasteiger charge is 2.58. The van der Waals surface area contributed by atoms with Gasteiger partial charge in [-0.2, -0.15) is 0 Å². The number of hydrogen-bond donors (Lipinski definition) is 2. The van der Waals surface area contributed by atoms with Gasteiger partial charge in [-0.3, -0.25) is 4.79 Å². The van der Waals surface area contributed by atoms with Crippen LogP contribution in [0.15, 0.2) is 23.5 Å². The van der Waals surface area contributed by atoms with E-state index in [9.17, 15) is 15.0 Å². The average molecular weight is 346 g/mol. The van der Waals surface area contributed by atoms with Crippen LogP contribution < -0.4 is 0 Å². The van der Waals surface area contributed by atoms with Crippen molar-refractivity contribution in [2.75, 3.05) is 0 Å². The second-order valence-electron chi connectivity index (χ2n) is 9.14. The molecule has 7 atom stereocenters. The fourth-order valence-electron chi connectivity index (χ4n) is 6.35. The summed E-state index contributed by atoms with van der Waals surface area (Å²) in [5.74, 6) is 1.52. The molecule has 4 rings (SSSR count). The molecule has 2 N–H and O–H groups in total. The summed E-state index contributed by atoms with van der Waals surface area (Å²) in [5, 5.41) is 20.7. The van der Waals surface area contributed by atoms with Gasteiger partial charge < -0.3 is 14.9 Å². The van der Waals surface area contributed by atoms with Crippen molar-refractivity contribution >= 4 is 5.97 Å². The predicted octanol–water partition coefficient (Wildman–Crippen LogP) is 3.34. The van der Waals surface area contributed by atoms with Gasteiger partial charge in [0.15, 0.2) is 0 Å². The molecule has 0 aliphatic heterocycles. The Labute approximate surface area is 149 Å². The maximum absolute atomic E-state index is 11.8. The third-order valence-electron chi connectivity index (χ3n) is 7.86. The van der Waals surface area contributed by atoms with Crippen LogP contribution in [0, 0.1) is 28.6 Å². The summed E-state index contributed by atoms with van der Waals surface area (Å²) in [4.78, 5) is 11.8. The SMILES string of the molecule is CC(=O)OC1=C2[C@@H](CC[C@]3(C)C(O)CC[C@@H]23)[C@@]2(C)C=CC(O)CC2C1. The quantitative estimate of drug-likeness (QED) is 0.564. The number of esters is 1. The molecule has 0 radical (unpaired) electrons. The van der Waals surface area contributed by atoms with E-state index in [0.29, 0.717) is 24.2 Å². The fraction of sp³-hybridized carbons (Fsp3) is 0.762. The van der Waals surface area contributed by atoms with Gasteiger partial charge in [-0.25, -0.2) is 0 Å². The van der Waals surface area contributed by atoms with Crippen molar-refractivity contribution in [3.8, 4) is 0 Å². The topological polar surface area (TPSA) is 66.8 Å². The molecule has 4 heteroatoms. The molecule has 0 aromatic heterocycles. The summed E-state index contributed by atoms with van der Waals surface area (Å²) in [6.07, 6.45) is 8.77. The lowest BCUT2D eigenvalue weighted by atomic mass is 9.49. The zero-order valence-electron chi connectivity index (χ0n) is 15.5. The Bertz CT molecular complexity index is 650. The van der Waals surface area contributed by atoms with E-state index >= 15 is 0 Å². The standard InChI is InChI=1S/C21H30O4/c1-12(22)25-17-11-13-10-14(23)6-8-20(13,2)16-7-9-21(3)15(19(16)17)4-5-18(21)24/h6,8,13-16,18,23-24H,4-5,7,9-11H2,1-3H3/t13?,14?,15-,16+,18?,20-,21-/m0/s1. The van der Waals surface area contributed by atoms with E-state index in [1.165, 1.54) is 12.5 Å². The van der Waals surface area contributed by atoms with Gasteiger partial charge in [0.05, 0.1) is 12.2 Å². The van der Waals surface area contributed by atoms with Crippen LogP contribution in [0.2, 0.25) is 0 Å². The molecule has 4 aliphatic rings. The number of carbonyl (C=O) groups is 1. The number of aliphatic hydroxyl groups excluding tert-OH is 2. The van der Waals surface area contributed by atoms with Gasteiger partial charge in [0.2, 0.25) is 0 Å². The van der Waals surface area contributed by atoms with Crippen LogP contribution in [0.4, 0.5) is 0 Å². The molecule has 2 saturated carbocycles. The van der Waals surface area contributed by atoms with Crippen LogP contribution in [0.25, 0.3) is 0 Å². The molecule has 0 heterocycles. The molecule has 4 aliphatic carbocycles. The third-order valence-corrected chi connectivity index (χ3v) is 7.86. The highest BCUT2D eigenvalue weighted by atomic mass is 16.5. The highest BCUT2D eigenvalue weighted by Crippen LogP contribution is 2.64. The lowest BCUT2D eigenvalue weighted by molar-refractivity contribution is -0.138. The summed E-state index contributed by atoms with van der Waals surface area (Å²) in [7, 11) is 0. The predicted molar refractivity (Wildman–Crippen MR) is 94.3 cm³/mol. The van der Waals surface area contributed by atoms with E-state index in [-0.39, 0.29) is 22.9 Å². The lowest BCUT2D eigenvalue weighted by Crippen LogP contribution is -2.50. The number of carbonyl (C=O) groups excluding carboxylic acids is 1. The summed E-state index contributed by atoms with van der Waals surface area (Å²) in [6.45, 7) is 5.99. The van der Waals surface area contributed by atoms with E-state index in [2.05, 4.69) is 19.9 Å². The largest absolute Gasteiger partial charge is 0.431 e. The van der Waals surface area contributed by atoms with Crippen molar-refractivity contribution in [2.45, 2.75) is 71.5 Å². The van der Waals surface area contributed by atoms with Gasteiger partial charge in [0, 0.05) is 18.8 Å². The first-order chi connectivity index (χ1) is 11.8. The number of fused-ring (bicyclic) bond motifs is 5. The Kier molecular flexibility index (Phi) is 3.93. The molecule has 0 bridgehead atoms. The normalized spacial score (nSPS) is 48.6. The van der Waals surface area contributed by atoms with Gasteiger partial charge >= 0.3 is 5.97 Å². The van der Waals surface area contributed by atoms with Crippen molar-refractivity contribution < 1.29 is 19.7 Å². The molecule has 25 heavy (non-hydrogen) atoms. The molecule has 0 amide bonds. The zero-order valence-corrected chi connectivity index (χ0v) is 15.5. The summed E-state index contributed by atoms with van der Waals surface area (Å²) in [6, 6.07) is 0. The van der Waals surface area contributed by atoms with Gasteiger partial charge in [0.1, 0.15) is 5.76 Å². The number of ether oxygens (including phenoxy) is 1. The molecule has 0 saturated heterocycles. The van der Waals surface area contributed by atoms with Crippen LogP contribution in [-0.2, 0) is 9.53 Å². The minimum absolute atomic E-state index is 0.00703. The fourth-order valence-corrected chi connectivity index (χ4v) is 6.35. The van der Waals surface area contributed by atoms with Gasteiger partial charge in [-0.1, -0.05) is 26.0 Å². The number of allylic oxidation sites excluding steroid dienone is 3. The van der Waals surface area contributed by atoms with E-state index in [1.54, 1.807) is 0 Å². The molecular weight excluding hydrogens is 316 g/mol. The smallest absolute Gasteiger partial charge is 0.307 e. The number of hydrogen-bond acceptors (Lipinski definition) is 4. The maximum Gasteiger partial charge on any atom is 0.307 e. The van der Waals surface area contributed by atoms with E-state index in [0.717, 1.165) is 37.9 Å². The minimum Gasteiger partial charge on any atom is -0.431 e. The van der Waals surface area contributed by atoms with Crippen molar-refractivity contribution in [3.63, 3.8) is 0 Å². The van der Waals surface area contributed by atoms with Crippen LogP contribution in [0.1, 0.15) is 59.3 Å². The first kappa shape index (κ1) is 17.3. The summed E-state index contributed by atoms with van der Waals surface area (Å²) >= 11 is 0. The molecule has 4 nitrogen and oxygen atoms in total. The third kappa shape index (κ3) is 2.44. The molecule has 0 aromatic carbocycles. The first-order valence-electron chi connectivity index (χ1n) is 9.72. The lowest BCUT2D eigenvalue weighted by Gasteiger charge is -2.56. The Morgan fingerprint density at radius 2 is 1.96 bits per heavy atom. The van der Waals surface area contributed by atoms with Crippen LogP contribution >= 0.6 is 0 Å². The van der Waals surface area contributed by atoms with Gasteiger partial charge in [0.25, 0.3) is 0 Å².